The van der Waals surface area contributed by atoms with Gasteiger partial charge in [-0.2, -0.15) is 0 Å². The van der Waals surface area contributed by atoms with Gasteiger partial charge in [0.05, 0.1) is 17.6 Å². The molecule has 5 heteroatoms. The van der Waals surface area contributed by atoms with Crippen LogP contribution in [0, 0.1) is 0 Å². The number of nitrogens with zero attached hydrogens (tertiary/aromatic N) is 1. The maximum Gasteiger partial charge on any atom is 0.138 e. The maximum absolute atomic E-state index is 9.01. The molecule has 0 saturated heterocycles. The Labute approximate surface area is 123 Å². The highest BCUT2D eigenvalue weighted by molar-refractivity contribution is 6.32. The third-order valence-corrected chi connectivity index (χ3v) is 3.69. The fourth-order valence-electron chi connectivity index (χ4n) is 2.42. The summed E-state index contributed by atoms with van der Waals surface area (Å²) < 4.78 is 7.37. The van der Waals surface area contributed by atoms with E-state index in [1.165, 1.54) is 5.56 Å². The molecule has 0 aliphatic carbocycles. The minimum atomic E-state index is 0.162. The van der Waals surface area contributed by atoms with Gasteiger partial charge in [-0.15, -0.1) is 0 Å². The lowest BCUT2D eigenvalue weighted by atomic mass is 10.1. The Morgan fingerprint density at radius 3 is 2.60 bits per heavy atom. The lowest BCUT2D eigenvalue weighted by molar-refractivity contribution is 0.280. The summed E-state index contributed by atoms with van der Waals surface area (Å²) in [7, 11) is 1.60. The van der Waals surface area contributed by atoms with Gasteiger partial charge in [-0.3, -0.25) is 0 Å². The Bertz CT molecular complexity index is 580. The lowest BCUT2D eigenvalue weighted by Gasteiger charge is -2.07. The molecular formula is C15H20ClNO3. The summed E-state index contributed by atoms with van der Waals surface area (Å²) in [5, 5.41) is 19.7. The Morgan fingerprint density at radius 2 is 1.95 bits per heavy atom. The van der Waals surface area contributed by atoms with Crippen LogP contribution >= 0.6 is 11.6 Å². The largest absolute Gasteiger partial charge is 0.495 e. The van der Waals surface area contributed by atoms with Gasteiger partial charge in [-0.1, -0.05) is 11.6 Å². The zero-order valence-corrected chi connectivity index (χ0v) is 12.4. The minimum Gasteiger partial charge on any atom is -0.495 e. The van der Waals surface area contributed by atoms with Gasteiger partial charge < -0.3 is 19.5 Å². The van der Waals surface area contributed by atoms with Crippen molar-refractivity contribution >= 4 is 22.5 Å². The van der Waals surface area contributed by atoms with Gasteiger partial charge in [0.1, 0.15) is 5.75 Å². The molecule has 0 atom stereocenters. The third kappa shape index (κ3) is 3.08. The summed E-state index contributed by atoms with van der Waals surface area (Å²) in [4.78, 5) is 0. The number of hydrogen-bond acceptors (Lipinski definition) is 3. The zero-order chi connectivity index (χ0) is 14.5. The normalized spacial score (nSPS) is 11.2. The van der Waals surface area contributed by atoms with Crippen molar-refractivity contribution < 1.29 is 14.9 Å². The van der Waals surface area contributed by atoms with E-state index in [1.54, 1.807) is 7.11 Å². The average Bonchev–Trinajstić information content (AvgIpc) is 2.79. The first kappa shape index (κ1) is 15.2. The van der Waals surface area contributed by atoms with Gasteiger partial charge in [0, 0.05) is 31.3 Å². The monoisotopic (exact) mass is 297 g/mol. The highest BCUT2D eigenvalue weighted by atomic mass is 35.5. The average molecular weight is 298 g/mol. The second-order valence-electron chi connectivity index (χ2n) is 4.76. The number of aliphatic hydroxyl groups excluding tert-OH is 2. The summed E-state index contributed by atoms with van der Waals surface area (Å²) in [6, 6.07) is 3.84. The van der Waals surface area contributed by atoms with E-state index in [0.717, 1.165) is 30.3 Å². The Hall–Kier alpha value is -1.23. The van der Waals surface area contributed by atoms with Crippen LogP contribution < -0.4 is 4.74 Å². The van der Waals surface area contributed by atoms with Gasteiger partial charge in [0.25, 0.3) is 0 Å². The van der Waals surface area contributed by atoms with Gasteiger partial charge in [-0.25, -0.2) is 0 Å². The fourth-order valence-corrected chi connectivity index (χ4v) is 2.65. The van der Waals surface area contributed by atoms with Gasteiger partial charge in [0.2, 0.25) is 0 Å². The standard InChI is InChI=1S/C15H20ClNO3/c1-20-15-8-12-11(4-2-6-18)10-17(5-3-7-19)14(12)9-13(15)16/h8-10,18-19H,2-7H2,1H3. The predicted molar refractivity (Wildman–Crippen MR) is 80.6 cm³/mol. The van der Waals surface area contributed by atoms with Crippen LogP contribution in [0.25, 0.3) is 10.9 Å². The van der Waals surface area contributed by atoms with Crippen LogP contribution in [0.5, 0.6) is 5.75 Å². The summed E-state index contributed by atoms with van der Waals surface area (Å²) >= 11 is 6.20. The molecular weight excluding hydrogens is 278 g/mol. The van der Waals surface area contributed by atoms with E-state index in [1.807, 2.05) is 12.1 Å². The van der Waals surface area contributed by atoms with Gasteiger partial charge in [-0.05, 0) is 37.0 Å². The first-order valence-corrected chi connectivity index (χ1v) is 7.16. The van der Waals surface area contributed by atoms with Crippen molar-refractivity contribution in [1.29, 1.82) is 0 Å². The van der Waals surface area contributed by atoms with Gasteiger partial charge >= 0.3 is 0 Å². The van der Waals surface area contributed by atoms with Crippen LogP contribution in [0.4, 0.5) is 0 Å². The molecule has 1 heterocycles. The van der Waals surface area contributed by atoms with Crippen LogP contribution in [0.1, 0.15) is 18.4 Å². The van der Waals surface area contributed by atoms with E-state index in [9.17, 15) is 0 Å². The molecule has 0 aliphatic rings. The van der Waals surface area contributed by atoms with Crippen LogP contribution in [-0.2, 0) is 13.0 Å². The summed E-state index contributed by atoms with van der Waals surface area (Å²) in [5.74, 6) is 0.657. The number of methoxy groups -OCH3 is 1. The molecule has 20 heavy (non-hydrogen) atoms. The molecule has 2 rings (SSSR count). The number of fused-ring (bicyclic) bond motifs is 1. The van der Waals surface area contributed by atoms with Crippen molar-refractivity contribution in [1.82, 2.24) is 4.57 Å². The molecule has 0 bridgehead atoms. The highest BCUT2D eigenvalue weighted by Crippen LogP contribution is 2.33. The first-order chi connectivity index (χ1) is 9.71. The molecule has 1 aromatic heterocycles. The van der Waals surface area contributed by atoms with Crippen LogP contribution in [0.2, 0.25) is 5.02 Å². The molecule has 0 radical (unpaired) electrons. The Kier molecular flexibility index (Phi) is 5.29. The molecule has 0 unspecified atom stereocenters. The van der Waals surface area contributed by atoms with E-state index in [0.29, 0.717) is 17.2 Å². The smallest absolute Gasteiger partial charge is 0.138 e. The van der Waals surface area contributed by atoms with E-state index in [-0.39, 0.29) is 13.2 Å². The molecule has 0 aliphatic heterocycles. The lowest BCUT2D eigenvalue weighted by Crippen LogP contribution is -1.98. The molecule has 2 aromatic rings. The number of halogens is 1. The SMILES string of the molecule is COc1cc2c(CCCO)cn(CCCO)c2cc1Cl. The molecule has 0 fully saturated rings. The zero-order valence-electron chi connectivity index (χ0n) is 11.6. The van der Waals surface area contributed by atoms with Crippen LogP contribution in [0.15, 0.2) is 18.3 Å². The van der Waals surface area contributed by atoms with E-state index < -0.39 is 0 Å². The number of ether oxygens (including phenoxy) is 1. The summed E-state index contributed by atoms with van der Waals surface area (Å²) in [5.41, 5.74) is 2.21. The van der Waals surface area contributed by atoms with Crippen molar-refractivity contribution in [3.8, 4) is 5.75 Å². The third-order valence-electron chi connectivity index (χ3n) is 3.40. The number of aromatic nitrogens is 1. The molecule has 4 nitrogen and oxygen atoms in total. The molecule has 0 amide bonds. The minimum absolute atomic E-state index is 0.162. The molecule has 2 N–H and O–H groups in total. The molecule has 1 aromatic carbocycles. The van der Waals surface area contributed by atoms with E-state index >= 15 is 0 Å². The fraction of sp³-hybridized carbons (Fsp3) is 0.467. The quantitative estimate of drug-likeness (QED) is 0.826. The van der Waals surface area contributed by atoms with Crippen molar-refractivity contribution in [3.63, 3.8) is 0 Å². The van der Waals surface area contributed by atoms with Crippen LogP contribution in [-0.4, -0.2) is 35.1 Å². The van der Waals surface area contributed by atoms with Crippen LogP contribution in [0.3, 0.4) is 0 Å². The second kappa shape index (κ2) is 6.97. The first-order valence-electron chi connectivity index (χ1n) is 6.78. The maximum atomic E-state index is 9.01. The van der Waals surface area contributed by atoms with Crippen molar-refractivity contribution in [3.05, 3.63) is 28.9 Å². The molecule has 0 saturated carbocycles. The number of rotatable bonds is 7. The van der Waals surface area contributed by atoms with Gasteiger partial charge in [0.15, 0.2) is 0 Å². The number of benzene rings is 1. The Balaban J connectivity index is 2.48. The predicted octanol–water partition coefficient (Wildman–Crippen LogP) is 2.61. The number of aryl methyl sites for hydroxylation is 2. The topological polar surface area (TPSA) is 54.6 Å². The van der Waals surface area contributed by atoms with E-state index in [4.69, 9.17) is 26.6 Å². The number of aliphatic hydroxyl groups is 2. The molecule has 0 spiro atoms. The van der Waals surface area contributed by atoms with E-state index in [2.05, 4.69) is 10.8 Å². The Morgan fingerprint density at radius 1 is 1.20 bits per heavy atom. The summed E-state index contributed by atoms with van der Waals surface area (Å²) in [6.45, 7) is 1.08. The second-order valence-corrected chi connectivity index (χ2v) is 5.16. The van der Waals surface area contributed by atoms with Crippen molar-refractivity contribution in [2.45, 2.75) is 25.8 Å². The highest BCUT2D eigenvalue weighted by Gasteiger charge is 2.12. The van der Waals surface area contributed by atoms with Crippen molar-refractivity contribution in [2.24, 2.45) is 0 Å². The summed E-state index contributed by atoms with van der Waals surface area (Å²) in [6.07, 6.45) is 4.31. The van der Waals surface area contributed by atoms with Crippen molar-refractivity contribution in [2.75, 3.05) is 20.3 Å². The number of hydrogen-bond donors (Lipinski definition) is 2. The molecule has 110 valence electrons.